The van der Waals surface area contributed by atoms with Crippen LogP contribution in [0.15, 0.2) is 23.5 Å². The quantitative estimate of drug-likeness (QED) is 0.398. The van der Waals surface area contributed by atoms with Gasteiger partial charge in [-0.05, 0) is 92.4 Å². The van der Waals surface area contributed by atoms with Crippen molar-refractivity contribution in [2.24, 2.45) is 28.3 Å². The minimum absolute atomic E-state index is 0.0423. The van der Waals surface area contributed by atoms with E-state index >= 15 is 0 Å². The van der Waals surface area contributed by atoms with E-state index in [1.165, 1.54) is 17.4 Å². The van der Waals surface area contributed by atoms with Crippen LogP contribution in [-0.2, 0) is 11.2 Å². The van der Waals surface area contributed by atoms with Crippen molar-refractivity contribution in [1.82, 2.24) is 4.98 Å². The summed E-state index contributed by atoms with van der Waals surface area (Å²) in [6, 6.07) is 3.12. The Kier molecular flexibility index (Phi) is 5.67. The fourth-order valence-electron chi connectivity index (χ4n) is 6.99. The maximum Gasteiger partial charge on any atom is 0.226 e. The van der Waals surface area contributed by atoms with E-state index in [4.69, 9.17) is 0 Å². The fraction of sp³-hybridized carbons (Fsp3) is 0.560. The van der Waals surface area contributed by atoms with Crippen molar-refractivity contribution in [2.75, 3.05) is 5.32 Å². The summed E-state index contributed by atoms with van der Waals surface area (Å²) in [7, 11) is 0. The van der Waals surface area contributed by atoms with Crippen molar-refractivity contribution in [3.05, 3.63) is 40.2 Å². The third kappa shape index (κ3) is 3.82. The second kappa shape index (κ2) is 8.38. The molecule has 3 N–H and O–H groups in total. The number of aromatic hydroxyl groups is 1. The van der Waals surface area contributed by atoms with Gasteiger partial charge in [0.25, 0.3) is 0 Å². The molecule has 3 unspecified atom stereocenters. The lowest BCUT2D eigenvalue weighted by molar-refractivity contribution is -0.116. The van der Waals surface area contributed by atoms with E-state index in [9.17, 15) is 19.5 Å². The molecule has 6 nitrogen and oxygen atoms in total. The van der Waals surface area contributed by atoms with Crippen molar-refractivity contribution >= 4 is 28.1 Å². The molecule has 0 bridgehead atoms. The molecule has 2 fully saturated rings. The number of phenolic OH excluding ortho intramolecular Hbond substituents is 1. The van der Waals surface area contributed by atoms with Crippen LogP contribution in [0.5, 0.6) is 5.75 Å². The number of carbonyl (C=O) groups excluding carboxylic acids is 1. The zero-order valence-electron chi connectivity index (χ0n) is 19.0. The summed E-state index contributed by atoms with van der Waals surface area (Å²) in [5.41, 5.74) is 2.71. The molecule has 1 heterocycles. The predicted molar refractivity (Wildman–Crippen MR) is 125 cm³/mol. The number of nitrogens with one attached hydrogen (secondary N) is 1. The Balaban J connectivity index is 1.37. The maximum absolute atomic E-state index is 14.2. The molecule has 176 valence electrons. The van der Waals surface area contributed by atoms with Gasteiger partial charge in [-0.25, -0.2) is 9.37 Å². The van der Waals surface area contributed by atoms with Crippen LogP contribution in [0.1, 0.15) is 67.4 Å². The van der Waals surface area contributed by atoms with Crippen LogP contribution in [-0.4, -0.2) is 26.9 Å². The number of hydrogen-bond donors (Lipinski definition) is 3. The van der Waals surface area contributed by atoms with Gasteiger partial charge in [-0.1, -0.05) is 12.1 Å². The second-order valence-electron chi connectivity index (χ2n) is 10.2. The van der Waals surface area contributed by atoms with Crippen molar-refractivity contribution in [1.29, 1.82) is 0 Å². The molecule has 0 aliphatic heterocycles. The second-order valence-corrected chi connectivity index (χ2v) is 11.4. The van der Waals surface area contributed by atoms with Crippen LogP contribution in [0, 0.1) is 35.9 Å². The molecule has 2 saturated carbocycles. The highest BCUT2D eigenvalue weighted by molar-refractivity contribution is 7.15. The van der Waals surface area contributed by atoms with Gasteiger partial charge in [-0.2, -0.15) is 0 Å². The van der Waals surface area contributed by atoms with Crippen molar-refractivity contribution in [3.63, 3.8) is 0 Å². The van der Waals surface area contributed by atoms with Gasteiger partial charge in [0.1, 0.15) is 0 Å². The number of nitrogens with zero attached hydrogens (tertiary/aromatic N) is 2. The van der Waals surface area contributed by atoms with Crippen molar-refractivity contribution in [3.8, 4) is 5.75 Å². The molecule has 1 amide bonds. The molecule has 33 heavy (non-hydrogen) atoms. The highest BCUT2D eigenvalue weighted by Crippen LogP contribution is 2.62. The van der Waals surface area contributed by atoms with Gasteiger partial charge < -0.3 is 15.6 Å². The highest BCUT2D eigenvalue weighted by atomic mass is 32.1. The Morgan fingerprint density at radius 1 is 1.39 bits per heavy atom. The number of oxime groups is 1. The molecule has 2 aromatic rings. The van der Waals surface area contributed by atoms with Crippen molar-refractivity contribution in [2.45, 2.75) is 64.7 Å². The van der Waals surface area contributed by atoms with Gasteiger partial charge >= 0.3 is 0 Å². The van der Waals surface area contributed by atoms with Crippen LogP contribution < -0.4 is 5.32 Å². The lowest BCUT2D eigenvalue weighted by Gasteiger charge is -2.50. The lowest BCUT2D eigenvalue weighted by Crippen LogP contribution is -2.44. The first-order chi connectivity index (χ1) is 15.8. The number of aryl methyl sites for hydroxylation is 2. The number of benzene rings is 1. The summed E-state index contributed by atoms with van der Waals surface area (Å²) < 4.78 is 14.2. The predicted octanol–water partition coefficient (Wildman–Crippen LogP) is 5.63. The maximum atomic E-state index is 14.2. The van der Waals surface area contributed by atoms with E-state index in [1.807, 2.05) is 6.92 Å². The van der Waals surface area contributed by atoms with Gasteiger partial charge in [0, 0.05) is 22.9 Å². The number of phenols is 1. The number of amides is 1. The topological polar surface area (TPSA) is 94.8 Å². The average molecular weight is 472 g/mol. The van der Waals surface area contributed by atoms with Crippen LogP contribution in [0.4, 0.5) is 9.52 Å². The summed E-state index contributed by atoms with van der Waals surface area (Å²) in [5.74, 6) is 0.214. The number of anilines is 1. The standard InChI is InChI=1S/C25H30FN3O3S/c1-13-12-27-24(33-13)28-22(31)6-4-15-10-21(29-32)25(2)8-7-16-17(23(15)25)5-3-14-9-20(30)19(26)11-18(14)16/h9,11-12,15-17,23,30,32H,3-8,10H2,1-2H3,(H,27,28,31)/t15-,16?,17?,23?,25-/m1/s1. The smallest absolute Gasteiger partial charge is 0.226 e. The number of hydrogen-bond acceptors (Lipinski definition) is 6. The Morgan fingerprint density at radius 3 is 2.94 bits per heavy atom. The fourth-order valence-corrected chi connectivity index (χ4v) is 7.67. The first kappa shape index (κ1) is 22.3. The van der Waals surface area contributed by atoms with E-state index in [1.54, 1.807) is 12.3 Å². The largest absolute Gasteiger partial charge is 0.505 e. The van der Waals surface area contributed by atoms with E-state index < -0.39 is 5.82 Å². The lowest BCUT2D eigenvalue weighted by atomic mass is 9.54. The summed E-state index contributed by atoms with van der Waals surface area (Å²) in [5, 5.41) is 26.9. The summed E-state index contributed by atoms with van der Waals surface area (Å²) in [6.45, 7) is 4.16. The summed E-state index contributed by atoms with van der Waals surface area (Å²) in [4.78, 5) is 17.9. The summed E-state index contributed by atoms with van der Waals surface area (Å²) >= 11 is 1.46. The first-order valence-electron chi connectivity index (χ1n) is 11.7. The Morgan fingerprint density at radius 2 is 2.21 bits per heavy atom. The van der Waals surface area contributed by atoms with Crippen LogP contribution in [0.2, 0.25) is 0 Å². The monoisotopic (exact) mass is 471 g/mol. The van der Waals surface area contributed by atoms with Gasteiger partial charge in [0.2, 0.25) is 5.91 Å². The normalized spacial score (nSPS) is 31.7. The zero-order chi connectivity index (χ0) is 23.3. The Hall–Kier alpha value is -2.48. The highest BCUT2D eigenvalue weighted by Gasteiger charge is 2.57. The van der Waals surface area contributed by atoms with Gasteiger partial charge in [-0.15, -0.1) is 11.3 Å². The molecule has 8 heteroatoms. The van der Waals surface area contributed by atoms with Crippen LogP contribution in [0.3, 0.4) is 0 Å². The number of carbonyl (C=O) groups is 1. The zero-order valence-corrected chi connectivity index (χ0v) is 19.8. The number of fused-ring (bicyclic) bond motifs is 5. The molecule has 0 radical (unpaired) electrons. The molecule has 5 rings (SSSR count). The molecular weight excluding hydrogens is 441 g/mol. The molecule has 1 aromatic heterocycles. The van der Waals surface area contributed by atoms with E-state index in [0.717, 1.165) is 53.8 Å². The van der Waals surface area contributed by atoms with Crippen molar-refractivity contribution < 1.29 is 19.5 Å². The molecule has 0 spiro atoms. The van der Waals surface area contributed by atoms with E-state index in [0.29, 0.717) is 23.9 Å². The molecule has 3 aliphatic carbocycles. The first-order valence-corrected chi connectivity index (χ1v) is 12.6. The minimum Gasteiger partial charge on any atom is -0.505 e. The number of aromatic nitrogens is 1. The Labute approximate surface area is 196 Å². The van der Waals surface area contributed by atoms with Crippen LogP contribution in [0.25, 0.3) is 0 Å². The number of rotatable bonds is 4. The third-order valence-corrected chi connectivity index (χ3v) is 9.23. The van der Waals surface area contributed by atoms with Gasteiger partial charge in [-0.3, -0.25) is 4.79 Å². The SMILES string of the molecule is Cc1cnc(NC(=O)CC[C@@H]2CC(=NO)[C@@]3(C)CCC4c5cc(F)c(O)cc5CCC4C23)s1. The number of thiazole rings is 1. The molecule has 3 aliphatic rings. The van der Waals surface area contributed by atoms with E-state index in [2.05, 4.69) is 22.4 Å². The number of halogens is 1. The average Bonchev–Trinajstić information content (AvgIpc) is 3.32. The molecule has 0 saturated heterocycles. The molecule has 5 atom stereocenters. The summed E-state index contributed by atoms with van der Waals surface area (Å²) in [6.07, 6.45) is 7.11. The van der Waals surface area contributed by atoms with Crippen LogP contribution >= 0.6 is 11.3 Å². The minimum atomic E-state index is -0.558. The third-order valence-electron chi connectivity index (χ3n) is 8.40. The molecular formula is C25H30FN3O3S. The Bertz CT molecular complexity index is 1120. The van der Waals surface area contributed by atoms with E-state index in [-0.39, 0.29) is 34.8 Å². The van der Waals surface area contributed by atoms with Gasteiger partial charge in [0.15, 0.2) is 16.7 Å². The molecule has 1 aromatic carbocycles. The van der Waals surface area contributed by atoms with Gasteiger partial charge in [0.05, 0.1) is 5.71 Å².